The van der Waals surface area contributed by atoms with Crippen molar-refractivity contribution in [2.75, 3.05) is 33.3 Å². The Bertz CT molecular complexity index is 676. The Hall–Kier alpha value is -1.84. The topological polar surface area (TPSA) is 38.5 Å². The summed E-state index contributed by atoms with van der Waals surface area (Å²) in [6.45, 7) is 6.24. The molecule has 0 radical (unpaired) electrons. The quantitative estimate of drug-likeness (QED) is 0.872. The van der Waals surface area contributed by atoms with Crippen LogP contribution in [0.1, 0.15) is 36.0 Å². The van der Waals surface area contributed by atoms with Crippen LogP contribution in [0.3, 0.4) is 0 Å². The van der Waals surface area contributed by atoms with Crippen molar-refractivity contribution in [3.05, 3.63) is 65.2 Å². The van der Waals surface area contributed by atoms with Crippen LogP contribution in [0.4, 0.5) is 0 Å². The molecule has 1 aliphatic heterocycles. The van der Waals surface area contributed by atoms with Gasteiger partial charge in [0, 0.05) is 11.0 Å². The van der Waals surface area contributed by atoms with Gasteiger partial charge in [-0.15, -0.1) is 0 Å². The molecule has 0 aliphatic carbocycles. The average Bonchev–Trinajstić information content (AvgIpc) is 2.67. The molecule has 25 heavy (non-hydrogen) atoms. The van der Waals surface area contributed by atoms with Crippen molar-refractivity contribution >= 4 is 0 Å². The summed E-state index contributed by atoms with van der Waals surface area (Å²) >= 11 is 0. The summed E-state index contributed by atoms with van der Waals surface area (Å²) in [5.74, 6) is 1.00. The molecule has 0 saturated carbocycles. The molecule has 1 fully saturated rings. The van der Waals surface area contributed by atoms with E-state index in [1.165, 1.54) is 16.7 Å². The Kier molecular flexibility index (Phi) is 5.77. The fourth-order valence-electron chi connectivity index (χ4n) is 4.14. The van der Waals surface area contributed by atoms with E-state index in [2.05, 4.69) is 60.4 Å². The smallest absolute Gasteiger partial charge is 0.122 e. The maximum absolute atomic E-state index is 5.76. The number of benzene rings is 2. The van der Waals surface area contributed by atoms with E-state index < -0.39 is 0 Å². The first-order chi connectivity index (χ1) is 12.2. The second-order valence-electron chi connectivity index (χ2n) is 7.14. The highest BCUT2D eigenvalue weighted by Crippen LogP contribution is 2.45. The zero-order valence-electron chi connectivity index (χ0n) is 15.5. The van der Waals surface area contributed by atoms with Gasteiger partial charge < -0.3 is 15.4 Å². The van der Waals surface area contributed by atoms with Crippen LogP contribution in [-0.4, -0.2) is 38.2 Å². The van der Waals surface area contributed by atoms with Crippen molar-refractivity contribution in [1.82, 2.24) is 4.90 Å². The largest absolute Gasteiger partial charge is 0.496 e. The van der Waals surface area contributed by atoms with Crippen LogP contribution >= 0.6 is 0 Å². The lowest BCUT2D eigenvalue weighted by Gasteiger charge is -2.43. The number of likely N-dealkylation sites (tertiary alicyclic amines) is 1. The van der Waals surface area contributed by atoms with Gasteiger partial charge in [0.2, 0.25) is 0 Å². The third-order valence-corrected chi connectivity index (χ3v) is 5.59. The standard InChI is InChI=1S/C22H30N2O/c1-18-9-10-21(25-2)20(17-18)22(19-7-4-3-5-8-19)11-15-24(16-12-22)14-6-13-23/h3-5,7-10,17H,6,11-16,23H2,1-2H3. The molecule has 3 rings (SSSR count). The monoisotopic (exact) mass is 338 g/mol. The molecule has 0 atom stereocenters. The lowest BCUT2D eigenvalue weighted by atomic mass is 9.67. The Morgan fingerprint density at radius 2 is 1.80 bits per heavy atom. The highest BCUT2D eigenvalue weighted by Gasteiger charge is 2.39. The van der Waals surface area contributed by atoms with Gasteiger partial charge in [0.15, 0.2) is 0 Å². The summed E-state index contributed by atoms with van der Waals surface area (Å²) in [4.78, 5) is 2.55. The lowest BCUT2D eigenvalue weighted by Crippen LogP contribution is -2.44. The highest BCUT2D eigenvalue weighted by molar-refractivity contribution is 5.49. The first-order valence-electron chi connectivity index (χ1n) is 9.33. The predicted octanol–water partition coefficient (Wildman–Crippen LogP) is 3.73. The first-order valence-corrected chi connectivity index (χ1v) is 9.33. The van der Waals surface area contributed by atoms with Gasteiger partial charge in [0.05, 0.1) is 7.11 Å². The van der Waals surface area contributed by atoms with E-state index in [9.17, 15) is 0 Å². The van der Waals surface area contributed by atoms with Crippen LogP contribution in [0, 0.1) is 6.92 Å². The van der Waals surface area contributed by atoms with E-state index in [0.717, 1.165) is 51.2 Å². The molecule has 2 N–H and O–H groups in total. The van der Waals surface area contributed by atoms with Gasteiger partial charge in [-0.05, 0) is 64.0 Å². The fraction of sp³-hybridized carbons (Fsp3) is 0.455. The van der Waals surface area contributed by atoms with Crippen molar-refractivity contribution in [2.45, 2.75) is 31.6 Å². The second-order valence-corrected chi connectivity index (χ2v) is 7.14. The zero-order chi connectivity index (χ0) is 17.7. The van der Waals surface area contributed by atoms with Crippen molar-refractivity contribution in [2.24, 2.45) is 5.73 Å². The van der Waals surface area contributed by atoms with E-state index >= 15 is 0 Å². The van der Waals surface area contributed by atoms with Gasteiger partial charge in [-0.3, -0.25) is 0 Å². The molecule has 2 aromatic carbocycles. The second kappa shape index (κ2) is 8.03. The van der Waals surface area contributed by atoms with Crippen LogP contribution in [0.15, 0.2) is 48.5 Å². The highest BCUT2D eigenvalue weighted by atomic mass is 16.5. The lowest BCUT2D eigenvalue weighted by molar-refractivity contribution is 0.176. The Morgan fingerprint density at radius 3 is 2.44 bits per heavy atom. The van der Waals surface area contributed by atoms with Crippen molar-refractivity contribution in [1.29, 1.82) is 0 Å². The third kappa shape index (κ3) is 3.73. The van der Waals surface area contributed by atoms with Gasteiger partial charge >= 0.3 is 0 Å². The summed E-state index contributed by atoms with van der Waals surface area (Å²) in [6.07, 6.45) is 3.30. The molecule has 1 heterocycles. The molecule has 134 valence electrons. The third-order valence-electron chi connectivity index (χ3n) is 5.59. The Labute approximate surface area is 151 Å². The maximum Gasteiger partial charge on any atom is 0.122 e. The van der Waals surface area contributed by atoms with Gasteiger partial charge in [0.25, 0.3) is 0 Å². The van der Waals surface area contributed by atoms with Gasteiger partial charge in [-0.1, -0.05) is 48.0 Å². The molecule has 0 spiro atoms. The summed E-state index contributed by atoms with van der Waals surface area (Å²) in [5.41, 5.74) is 9.74. The number of rotatable bonds is 6. The van der Waals surface area contributed by atoms with E-state index in [4.69, 9.17) is 10.5 Å². The SMILES string of the molecule is COc1ccc(C)cc1C1(c2ccccc2)CCN(CCCN)CC1. The minimum atomic E-state index is 0.0256. The van der Waals surface area contributed by atoms with E-state index in [0.29, 0.717) is 0 Å². The Balaban J connectivity index is 1.99. The molecule has 2 aromatic rings. The maximum atomic E-state index is 5.76. The summed E-state index contributed by atoms with van der Waals surface area (Å²) < 4.78 is 5.76. The van der Waals surface area contributed by atoms with E-state index in [1.807, 2.05) is 0 Å². The minimum Gasteiger partial charge on any atom is -0.496 e. The van der Waals surface area contributed by atoms with Crippen molar-refractivity contribution < 1.29 is 4.74 Å². The summed E-state index contributed by atoms with van der Waals surface area (Å²) in [7, 11) is 1.78. The molecule has 1 saturated heterocycles. The van der Waals surface area contributed by atoms with Crippen molar-refractivity contribution in [3.63, 3.8) is 0 Å². The molecular weight excluding hydrogens is 308 g/mol. The van der Waals surface area contributed by atoms with Gasteiger partial charge in [-0.2, -0.15) is 0 Å². The van der Waals surface area contributed by atoms with Crippen LogP contribution in [0.25, 0.3) is 0 Å². The number of hydrogen-bond donors (Lipinski definition) is 1. The number of methoxy groups -OCH3 is 1. The predicted molar refractivity (Wildman–Crippen MR) is 104 cm³/mol. The van der Waals surface area contributed by atoms with Crippen LogP contribution < -0.4 is 10.5 Å². The van der Waals surface area contributed by atoms with Crippen LogP contribution in [0.5, 0.6) is 5.75 Å². The fourth-order valence-corrected chi connectivity index (χ4v) is 4.14. The van der Waals surface area contributed by atoms with Crippen LogP contribution in [-0.2, 0) is 5.41 Å². The molecule has 1 aliphatic rings. The normalized spacial score (nSPS) is 17.4. The molecule has 3 nitrogen and oxygen atoms in total. The van der Waals surface area contributed by atoms with Gasteiger partial charge in [-0.25, -0.2) is 0 Å². The summed E-state index contributed by atoms with van der Waals surface area (Å²) in [6, 6.07) is 17.5. The van der Waals surface area contributed by atoms with E-state index in [-0.39, 0.29) is 5.41 Å². The minimum absolute atomic E-state index is 0.0256. The molecular formula is C22H30N2O. The molecule has 0 bridgehead atoms. The number of ether oxygens (including phenoxy) is 1. The van der Waals surface area contributed by atoms with Gasteiger partial charge in [0.1, 0.15) is 5.75 Å². The number of piperidine rings is 1. The van der Waals surface area contributed by atoms with E-state index in [1.54, 1.807) is 7.11 Å². The van der Waals surface area contributed by atoms with Crippen LogP contribution in [0.2, 0.25) is 0 Å². The summed E-state index contributed by atoms with van der Waals surface area (Å²) in [5, 5.41) is 0. The first kappa shape index (κ1) is 18.0. The molecule has 0 aromatic heterocycles. The number of nitrogens with two attached hydrogens (primary N) is 1. The molecule has 3 heteroatoms. The molecule has 0 amide bonds. The zero-order valence-corrected chi connectivity index (χ0v) is 15.5. The van der Waals surface area contributed by atoms with Crippen molar-refractivity contribution in [3.8, 4) is 5.75 Å². The molecule has 0 unspecified atom stereocenters. The number of aryl methyl sites for hydroxylation is 1. The number of hydrogen-bond acceptors (Lipinski definition) is 3. The number of nitrogens with zero attached hydrogens (tertiary/aromatic N) is 1. The Morgan fingerprint density at radius 1 is 1.08 bits per heavy atom. The average molecular weight is 338 g/mol.